The molecule has 0 bridgehead atoms. The lowest BCUT2D eigenvalue weighted by Gasteiger charge is -2.05. The van der Waals surface area contributed by atoms with Crippen LogP contribution in [0.2, 0.25) is 0 Å². The molecule has 0 atom stereocenters. The first kappa shape index (κ1) is 12.7. The van der Waals surface area contributed by atoms with Gasteiger partial charge in [0.25, 0.3) is 0 Å². The molecule has 5 nitrogen and oxygen atoms in total. The van der Waals surface area contributed by atoms with E-state index >= 15 is 0 Å². The third-order valence-electron chi connectivity index (χ3n) is 1.93. The summed E-state index contributed by atoms with van der Waals surface area (Å²) in [4.78, 5) is 15.9. The fourth-order valence-electron chi connectivity index (χ4n) is 1.20. The number of aromatic carboxylic acids is 1. The topological polar surface area (TPSA) is 71.7 Å². The number of hydroxylamine groups is 1. The highest BCUT2D eigenvalue weighted by Gasteiger charge is 2.13. The van der Waals surface area contributed by atoms with Crippen LogP contribution in [0.3, 0.4) is 0 Å². The van der Waals surface area contributed by atoms with Gasteiger partial charge in [-0.2, -0.15) is 5.48 Å². The van der Waals surface area contributed by atoms with Crippen molar-refractivity contribution in [1.82, 2.24) is 5.48 Å². The quantitative estimate of drug-likeness (QED) is 0.574. The maximum absolute atomic E-state index is 10.7. The lowest BCUT2D eigenvalue weighted by atomic mass is 10.2. The summed E-state index contributed by atoms with van der Waals surface area (Å²) in [6.45, 7) is 6.75. The predicted octanol–water partition coefficient (Wildman–Crippen LogP) is 1.96. The molecule has 0 saturated heterocycles. The largest absolute Gasteiger partial charge is 0.475 e. The summed E-state index contributed by atoms with van der Waals surface area (Å²) >= 11 is 0. The second kappa shape index (κ2) is 5.67. The number of nitrogens with one attached hydrogen (secondary N) is 1. The van der Waals surface area contributed by atoms with E-state index in [2.05, 4.69) is 5.48 Å². The van der Waals surface area contributed by atoms with Gasteiger partial charge < -0.3 is 14.4 Å². The summed E-state index contributed by atoms with van der Waals surface area (Å²) in [6, 6.07) is 1.69. The molecule has 1 heterocycles. The highest BCUT2D eigenvalue weighted by atomic mass is 16.6. The molecule has 0 aliphatic rings. The van der Waals surface area contributed by atoms with Gasteiger partial charge in [-0.3, -0.25) is 0 Å². The lowest BCUT2D eigenvalue weighted by molar-refractivity contribution is 0.0162. The van der Waals surface area contributed by atoms with E-state index in [0.717, 1.165) is 0 Å². The number of carbonyl (C=O) groups is 1. The van der Waals surface area contributed by atoms with Crippen LogP contribution in [0.1, 0.15) is 35.7 Å². The monoisotopic (exact) mass is 227 g/mol. The van der Waals surface area contributed by atoms with Crippen molar-refractivity contribution in [3.8, 4) is 0 Å². The number of furan rings is 1. The molecule has 0 unspecified atom stereocenters. The first-order chi connectivity index (χ1) is 7.50. The van der Waals surface area contributed by atoms with Crippen molar-refractivity contribution >= 4 is 5.97 Å². The fourth-order valence-corrected chi connectivity index (χ4v) is 1.20. The number of rotatable bonds is 6. The first-order valence-corrected chi connectivity index (χ1v) is 5.18. The molecule has 0 aliphatic carbocycles. The minimum absolute atomic E-state index is 0.0133. The van der Waals surface area contributed by atoms with Crippen molar-refractivity contribution in [3.63, 3.8) is 0 Å². The number of hydrogen-bond acceptors (Lipinski definition) is 4. The Morgan fingerprint density at radius 2 is 2.31 bits per heavy atom. The Hall–Kier alpha value is -1.33. The molecule has 16 heavy (non-hydrogen) atoms. The van der Waals surface area contributed by atoms with Crippen LogP contribution in [-0.4, -0.2) is 17.7 Å². The fraction of sp³-hybridized carbons (Fsp3) is 0.545. The van der Waals surface area contributed by atoms with E-state index in [1.165, 1.54) is 0 Å². The molecule has 1 aromatic rings. The molecule has 0 amide bonds. The van der Waals surface area contributed by atoms with Crippen LogP contribution in [0, 0.1) is 12.8 Å². The van der Waals surface area contributed by atoms with E-state index in [-0.39, 0.29) is 5.76 Å². The molecule has 0 aromatic carbocycles. The van der Waals surface area contributed by atoms with Gasteiger partial charge in [-0.15, -0.1) is 0 Å². The van der Waals surface area contributed by atoms with Gasteiger partial charge in [-0.05, 0) is 18.9 Å². The second-order valence-electron chi connectivity index (χ2n) is 4.06. The van der Waals surface area contributed by atoms with Crippen LogP contribution in [0.25, 0.3) is 0 Å². The van der Waals surface area contributed by atoms with Crippen molar-refractivity contribution < 1.29 is 19.2 Å². The summed E-state index contributed by atoms with van der Waals surface area (Å²) in [5, 5.41) is 8.78. The molecular formula is C11H17NO4. The average Bonchev–Trinajstić information content (AvgIpc) is 2.54. The zero-order chi connectivity index (χ0) is 12.1. The SMILES string of the molecule is Cc1cc(CNOCC(C)C)oc1C(=O)O. The molecule has 5 heteroatoms. The number of carboxylic acid groups (broad SMARTS) is 1. The number of carboxylic acids is 1. The van der Waals surface area contributed by atoms with E-state index < -0.39 is 5.97 Å². The molecule has 2 N–H and O–H groups in total. The molecule has 1 rings (SSSR count). The first-order valence-electron chi connectivity index (χ1n) is 5.18. The Labute approximate surface area is 94.4 Å². The Kier molecular flexibility index (Phi) is 4.52. The summed E-state index contributed by atoms with van der Waals surface area (Å²) in [6.07, 6.45) is 0. The summed E-state index contributed by atoms with van der Waals surface area (Å²) in [5.74, 6) is -0.0633. The van der Waals surface area contributed by atoms with E-state index in [4.69, 9.17) is 14.4 Å². The molecule has 1 aromatic heterocycles. The third-order valence-corrected chi connectivity index (χ3v) is 1.93. The van der Waals surface area contributed by atoms with Crippen molar-refractivity contribution in [3.05, 3.63) is 23.2 Å². The summed E-state index contributed by atoms with van der Waals surface area (Å²) < 4.78 is 5.14. The van der Waals surface area contributed by atoms with Crippen LogP contribution in [0.15, 0.2) is 10.5 Å². The molecule has 0 fully saturated rings. The van der Waals surface area contributed by atoms with E-state index in [1.807, 2.05) is 13.8 Å². The molecule has 0 saturated carbocycles. The Morgan fingerprint density at radius 3 is 2.81 bits per heavy atom. The zero-order valence-electron chi connectivity index (χ0n) is 9.74. The van der Waals surface area contributed by atoms with E-state index in [9.17, 15) is 4.79 Å². The van der Waals surface area contributed by atoms with E-state index in [0.29, 0.717) is 30.4 Å². The Balaban J connectivity index is 2.43. The molecule has 90 valence electrons. The summed E-state index contributed by atoms with van der Waals surface area (Å²) in [7, 11) is 0. The van der Waals surface area contributed by atoms with Gasteiger partial charge in [0, 0.05) is 5.56 Å². The van der Waals surface area contributed by atoms with Gasteiger partial charge in [0.05, 0.1) is 13.2 Å². The number of hydrogen-bond donors (Lipinski definition) is 2. The zero-order valence-corrected chi connectivity index (χ0v) is 9.74. The van der Waals surface area contributed by atoms with Crippen molar-refractivity contribution in [2.45, 2.75) is 27.3 Å². The van der Waals surface area contributed by atoms with Crippen LogP contribution >= 0.6 is 0 Å². The minimum atomic E-state index is -1.05. The molecule has 0 aliphatic heterocycles. The third kappa shape index (κ3) is 3.67. The van der Waals surface area contributed by atoms with E-state index in [1.54, 1.807) is 13.0 Å². The highest BCUT2D eigenvalue weighted by molar-refractivity contribution is 5.86. The van der Waals surface area contributed by atoms with Crippen LogP contribution in [0.5, 0.6) is 0 Å². The molecule has 0 spiro atoms. The van der Waals surface area contributed by atoms with Gasteiger partial charge in [0.1, 0.15) is 5.76 Å². The normalized spacial score (nSPS) is 11.0. The van der Waals surface area contributed by atoms with Gasteiger partial charge >= 0.3 is 5.97 Å². The standard InChI is InChI=1S/C11H17NO4/c1-7(2)6-15-12-5-9-4-8(3)10(16-9)11(13)14/h4,7,12H,5-6H2,1-3H3,(H,13,14). The van der Waals surface area contributed by atoms with Crippen molar-refractivity contribution in [1.29, 1.82) is 0 Å². The van der Waals surface area contributed by atoms with Gasteiger partial charge in [-0.1, -0.05) is 13.8 Å². The lowest BCUT2D eigenvalue weighted by Crippen LogP contribution is -2.17. The van der Waals surface area contributed by atoms with Crippen molar-refractivity contribution in [2.24, 2.45) is 5.92 Å². The maximum Gasteiger partial charge on any atom is 0.372 e. The summed E-state index contributed by atoms with van der Waals surface area (Å²) in [5.41, 5.74) is 3.34. The minimum Gasteiger partial charge on any atom is -0.475 e. The van der Waals surface area contributed by atoms with Crippen LogP contribution in [-0.2, 0) is 11.4 Å². The smallest absolute Gasteiger partial charge is 0.372 e. The maximum atomic E-state index is 10.7. The predicted molar refractivity (Wildman–Crippen MR) is 58.0 cm³/mol. The van der Waals surface area contributed by atoms with Gasteiger partial charge in [-0.25, -0.2) is 4.79 Å². The van der Waals surface area contributed by atoms with Gasteiger partial charge in [0.2, 0.25) is 5.76 Å². The Bertz CT molecular complexity index is 357. The van der Waals surface area contributed by atoms with Gasteiger partial charge in [0.15, 0.2) is 0 Å². The number of aryl methyl sites for hydroxylation is 1. The van der Waals surface area contributed by atoms with Crippen LogP contribution in [0.4, 0.5) is 0 Å². The highest BCUT2D eigenvalue weighted by Crippen LogP contribution is 2.14. The van der Waals surface area contributed by atoms with Crippen LogP contribution < -0.4 is 5.48 Å². The second-order valence-corrected chi connectivity index (χ2v) is 4.06. The Morgan fingerprint density at radius 1 is 1.62 bits per heavy atom. The van der Waals surface area contributed by atoms with Crippen molar-refractivity contribution in [2.75, 3.05) is 6.61 Å². The molecule has 0 radical (unpaired) electrons. The molecular weight excluding hydrogens is 210 g/mol. The average molecular weight is 227 g/mol.